The molecule has 3 nitrogen and oxygen atoms in total. The predicted molar refractivity (Wildman–Crippen MR) is 61.2 cm³/mol. The van der Waals surface area contributed by atoms with Crippen molar-refractivity contribution in [3.05, 3.63) is 26.8 Å². The first kappa shape index (κ1) is 13.0. The van der Waals surface area contributed by atoms with Crippen LogP contribution < -0.4 is 4.74 Å². The fourth-order valence-corrected chi connectivity index (χ4v) is 1.83. The van der Waals surface area contributed by atoms with Crippen LogP contribution in [0.15, 0.2) is 12.1 Å². The average Bonchev–Trinajstić information content (AvgIpc) is 2.16. The van der Waals surface area contributed by atoms with Crippen molar-refractivity contribution in [1.29, 1.82) is 0 Å². The molecule has 0 bridgehead atoms. The van der Waals surface area contributed by atoms with Gasteiger partial charge in [0.15, 0.2) is 12.1 Å². The van der Waals surface area contributed by atoms with Crippen LogP contribution >= 0.6 is 22.6 Å². The lowest BCUT2D eigenvalue weighted by Crippen LogP contribution is -2.07. The molecule has 0 N–H and O–H groups in total. The molecule has 0 amide bonds. The molecule has 16 heavy (non-hydrogen) atoms. The van der Waals surface area contributed by atoms with Crippen molar-refractivity contribution in [3.8, 4) is 5.75 Å². The number of hydrogen-bond donors (Lipinski definition) is 0. The maximum atomic E-state index is 12.1. The lowest BCUT2D eigenvalue weighted by atomic mass is 10.1. The van der Waals surface area contributed by atoms with E-state index in [0.717, 1.165) is 6.07 Å². The summed E-state index contributed by atoms with van der Waals surface area (Å²) in [6, 6.07) is 2.59. The Bertz CT molecular complexity index is 432. The van der Waals surface area contributed by atoms with Crippen LogP contribution in [0.4, 0.5) is 8.78 Å². The van der Waals surface area contributed by atoms with Gasteiger partial charge in [-0.05, 0) is 41.6 Å². The van der Waals surface area contributed by atoms with Crippen LogP contribution in [0, 0.1) is 3.57 Å². The maximum absolute atomic E-state index is 12.1. The molecule has 0 aliphatic rings. The Morgan fingerprint density at radius 2 is 2.12 bits per heavy atom. The van der Waals surface area contributed by atoms with Gasteiger partial charge < -0.3 is 4.74 Å². The first-order valence-electron chi connectivity index (χ1n) is 4.20. The molecule has 0 atom stereocenters. The summed E-state index contributed by atoms with van der Waals surface area (Å²) in [4.78, 5) is 21.8. The van der Waals surface area contributed by atoms with Gasteiger partial charge in [0.2, 0.25) is 0 Å². The highest BCUT2D eigenvalue weighted by molar-refractivity contribution is 14.1. The molecule has 0 aromatic heterocycles. The van der Waals surface area contributed by atoms with Gasteiger partial charge in [0.05, 0.1) is 5.56 Å². The first-order valence-corrected chi connectivity index (χ1v) is 5.28. The zero-order valence-electron chi connectivity index (χ0n) is 8.17. The van der Waals surface area contributed by atoms with E-state index in [1.807, 2.05) is 0 Å². The van der Waals surface area contributed by atoms with Gasteiger partial charge in [0.1, 0.15) is 5.75 Å². The minimum atomic E-state index is -3.03. The molecule has 0 radical (unpaired) electrons. The van der Waals surface area contributed by atoms with Gasteiger partial charge in [-0.25, -0.2) is 0 Å². The van der Waals surface area contributed by atoms with E-state index in [1.165, 1.54) is 13.0 Å². The molecule has 0 heterocycles. The van der Waals surface area contributed by atoms with E-state index < -0.39 is 6.61 Å². The Balaban J connectivity index is 3.30. The molecule has 0 aliphatic heterocycles. The summed E-state index contributed by atoms with van der Waals surface area (Å²) in [5, 5.41) is 0. The zero-order valence-corrected chi connectivity index (χ0v) is 10.3. The van der Waals surface area contributed by atoms with Gasteiger partial charge in [-0.15, -0.1) is 0 Å². The lowest BCUT2D eigenvalue weighted by Gasteiger charge is -2.10. The third kappa shape index (κ3) is 2.97. The molecule has 1 rings (SSSR count). The van der Waals surface area contributed by atoms with Crippen molar-refractivity contribution in [2.45, 2.75) is 13.5 Å². The van der Waals surface area contributed by atoms with Gasteiger partial charge in [-0.3, -0.25) is 9.59 Å². The Labute approximate surface area is 104 Å². The van der Waals surface area contributed by atoms with Crippen LogP contribution in [-0.4, -0.2) is 18.7 Å². The number of Topliss-reactive ketones (excluding diaryl/α,β-unsaturated/α-hetero) is 1. The zero-order chi connectivity index (χ0) is 12.3. The molecule has 1 aromatic carbocycles. The third-order valence-corrected chi connectivity index (χ3v) is 2.72. The van der Waals surface area contributed by atoms with E-state index in [1.54, 1.807) is 22.6 Å². The summed E-state index contributed by atoms with van der Waals surface area (Å²) in [6.07, 6.45) is 0.420. The fraction of sp³-hybridized carbons (Fsp3) is 0.200. The van der Waals surface area contributed by atoms with Gasteiger partial charge >= 0.3 is 6.61 Å². The number of carbonyl (C=O) groups is 2. The molecular weight excluding hydrogens is 333 g/mol. The number of carbonyl (C=O) groups excluding carboxylic acids is 2. The molecular formula is C10H7F2IO3. The Morgan fingerprint density at radius 1 is 1.50 bits per heavy atom. The number of ether oxygens (including phenoxy) is 1. The quantitative estimate of drug-likeness (QED) is 0.481. The molecule has 0 aliphatic carbocycles. The number of rotatable bonds is 4. The second-order valence-corrected chi connectivity index (χ2v) is 4.08. The normalized spacial score (nSPS) is 10.3. The average molecular weight is 340 g/mol. The molecule has 0 saturated carbocycles. The number of halogens is 3. The van der Waals surface area contributed by atoms with E-state index in [0.29, 0.717) is 9.86 Å². The van der Waals surface area contributed by atoms with Crippen molar-refractivity contribution in [3.63, 3.8) is 0 Å². The van der Waals surface area contributed by atoms with Crippen LogP contribution in [0.25, 0.3) is 0 Å². The summed E-state index contributed by atoms with van der Waals surface area (Å²) in [5.74, 6) is -0.559. The van der Waals surface area contributed by atoms with Crippen LogP contribution in [-0.2, 0) is 0 Å². The second kappa shape index (κ2) is 5.33. The van der Waals surface area contributed by atoms with Crippen molar-refractivity contribution in [1.82, 2.24) is 0 Å². The van der Waals surface area contributed by atoms with Gasteiger partial charge in [0.25, 0.3) is 0 Å². The number of alkyl halides is 2. The number of ketones is 1. The van der Waals surface area contributed by atoms with Crippen molar-refractivity contribution < 1.29 is 23.1 Å². The van der Waals surface area contributed by atoms with Crippen molar-refractivity contribution >= 4 is 34.7 Å². The minimum Gasteiger partial charge on any atom is -0.434 e. The van der Waals surface area contributed by atoms with E-state index in [2.05, 4.69) is 4.74 Å². The second-order valence-electron chi connectivity index (χ2n) is 2.92. The molecule has 0 spiro atoms. The molecule has 0 fully saturated rings. The highest BCUT2D eigenvalue weighted by Gasteiger charge is 2.15. The van der Waals surface area contributed by atoms with Crippen LogP contribution in [0.2, 0.25) is 0 Å². The molecule has 1 aromatic rings. The lowest BCUT2D eigenvalue weighted by molar-refractivity contribution is -0.0501. The van der Waals surface area contributed by atoms with Gasteiger partial charge in [0, 0.05) is 9.13 Å². The van der Waals surface area contributed by atoms with E-state index >= 15 is 0 Å². The summed E-state index contributed by atoms with van der Waals surface area (Å²) in [5.41, 5.74) is 0.247. The van der Waals surface area contributed by atoms with Crippen LogP contribution in [0.3, 0.4) is 0 Å². The van der Waals surface area contributed by atoms with Gasteiger partial charge in [-0.2, -0.15) is 8.78 Å². The summed E-state index contributed by atoms with van der Waals surface area (Å²) < 4.78 is 28.7. The summed E-state index contributed by atoms with van der Waals surface area (Å²) in [6.45, 7) is -1.73. The fourth-order valence-electron chi connectivity index (χ4n) is 1.10. The Kier molecular flexibility index (Phi) is 4.34. The first-order chi connectivity index (χ1) is 7.45. The number of hydrogen-bond acceptors (Lipinski definition) is 3. The standard InChI is InChI=1S/C10H7F2IO3/c1-5(15)6-2-8(13)7(4-14)9(3-6)16-10(11)12/h2-4,10H,1H3. The molecule has 6 heteroatoms. The van der Waals surface area contributed by atoms with E-state index in [9.17, 15) is 18.4 Å². The van der Waals surface area contributed by atoms with E-state index in [4.69, 9.17) is 0 Å². The molecule has 86 valence electrons. The summed E-state index contributed by atoms with van der Waals surface area (Å²) in [7, 11) is 0. The van der Waals surface area contributed by atoms with Crippen LogP contribution in [0.5, 0.6) is 5.75 Å². The van der Waals surface area contributed by atoms with E-state index in [-0.39, 0.29) is 22.7 Å². The topological polar surface area (TPSA) is 43.4 Å². The van der Waals surface area contributed by atoms with Crippen LogP contribution in [0.1, 0.15) is 27.6 Å². The number of aldehydes is 1. The highest BCUT2D eigenvalue weighted by Crippen LogP contribution is 2.26. The Hall–Kier alpha value is -1.05. The SMILES string of the molecule is CC(=O)c1cc(I)c(C=O)c(OC(F)F)c1. The monoisotopic (exact) mass is 340 g/mol. The largest absolute Gasteiger partial charge is 0.434 e. The molecule has 0 unspecified atom stereocenters. The van der Waals surface area contributed by atoms with Gasteiger partial charge in [-0.1, -0.05) is 0 Å². The maximum Gasteiger partial charge on any atom is 0.387 e. The van der Waals surface area contributed by atoms with Crippen molar-refractivity contribution in [2.75, 3.05) is 0 Å². The van der Waals surface area contributed by atoms with Crippen molar-refractivity contribution in [2.24, 2.45) is 0 Å². The Morgan fingerprint density at radius 3 is 2.56 bits per heavy atom. The summed E-state index contributed by atoms with van der Waals surface area (Å²) >= 11 is 1.78. The highest BCUT2D eigenvalue weighted by atomic mass is 127. The smallest absolute Gasteiger partial charge is 0.387 e. The predicted octanol–water partition coefficient (Wildman–Crippen LogP) is 2.91. The number of benzene rings is 1. The minimum absolute atomic E-state index is 0.0194. The molecule has 0 saturated heterocycles. The third-order valence-electron chi connectivity index (χ3n) is 1.83.